The van der Waals surface area contributed by atoms with E-state index in [4.69, 9.17) is 0 Å². The van der Waals surface area contributed by atoms with Crippen LogP contribution in [0.5, 0.6) is 0 Å². The Labute approximate surface area is 455 Å². The molecule has 370 valence electrons. The van der Waals surface area contributed by atoms with Gasteiger partial charge in [-0.2, -0.15) is 0 Å². The third-order valence-corrected chi connectivity index (χ3v) is 15.6. The van der Waals surface area contributed by atoms with Gasteiger partial charge in [0.05, 0.1) is 33.8 Å². The number of para-hydroxylation sites is 2. The highest BCUT2D eigenvalue weighted by atomic mass is 15.2. The summed E-state index contributed by atoms with van der Waals surface area (Å²) in [5.41, 5.74) is 20.8. The molecule has 0 spiro atoms. The van der Waals surface area contributed by atoms with Crippen molar-refractivity contribution in [1.82, 2.24) is 9.13 Å². The maximum Gasteiger partial charge on any atom is 0.0570 e. The van der Waals surface area contributed by atoms with Crippen molar-refractivity contribution in [3.05, 3.63) is 302 Å². The molecule has 0 atom stereocenters. The van der Waals surface area contributed by atoms with Crippen molar-refractivity contribution in [1.29, 1.82) is 0 Å². The van der Waals surface area contributed by atoms with Crippen molar-refractivity contribution in [3.63, 3.8) is 0 Å². The molecule has 4 heteroatoms. The Morgan fingerprint density at radius 1 is 0.256 bits per heavy atom. The molecule has 2 heterocycles. The molecule has 0 saturated carbocycles. The first-order chi connectivity index (χ1) is 38.6. The maximum atomic E-state index is 2.45. The van der Waals surface area contributed by atoms with Crippen LogP contribution >= 0.6 is 0 Å². The van der Waals surface area contributed by atoms with E-state index in [1.165, 1.54) is 88.1 Å². The highest BCUT2D eigenvalue weighted by Crippen LogP contribution is 2.45. The summed E-state index contributed by atoms with van der Waals surface area (Å²) in [6, 6.07) is 106. The van der Waals surface area contributed by atoms with Gasteiger partial charge in [-0.1, -0.05) is 182 Å². The maximum absolute atomic E-state index is 2.45. The third kappa shape index (κ3) is 8.01. The van der Waals surface area contributed by atoms with Crippen molar-refractivity contribution in [2.24, 2.45) is 0 Å². The Balaban J connectivity index is 0.868. The zero-order valence-electron chi connectivity index (χ0n) is 43.5. The molecule has 0 unspecified atom stereocenters. The van der Waals surface area contributed by atoms with Gasteiger partial charge in [0, 0.05) is 55.7 Å². The van der Waals surface area contributed by atoms with Crippen LogP contribution in [0.3, 0.4) is 0 Å². The lowest BCUT2D eigenvalue weighted by Crippen LogP contribution is -2.10. The quantitative estimate of drug-likeness (QED) is 0.128. The number of anilines is 6. The number of aryl methyl sites for hydroxylation is 2. The van der Waals surface area contributed by atoms with E-state index in [0.717, 1.165) is 45.5 Å². The number of nitrogens with zero attached hydrogens (tertiary/aromatic N) is 4. The first kappa shape index (κ1) is 46.4. The second-order valence-electron chi connectivity index (χ2n) is 20.2. The minimum Gasteiger partial charge on any atom is -0.310 e. The average molecular weight is 999 g/mol. The molecule has 0 N–H and O–H groups in total. The molecule has 0 aliphatic rings. The molecule has 0 amide bonds. The zero-order valence-corrected chi connectivity index (χ0v) is 43.5. The molecule has 0 fully saturated rings. The van der Waals surface area contributed by atoms with Gasteiger partial charge < -0.3 is 18.9 Å². The molecule has 14 rings (SSSR count). The summed E-state index contributed by atoms with van der Waals surface area (Å²) in [4.78, 5) is 4.74. The van der Waals surface area contributed by atoms with Crippen molar-refractivity contribution < 1.29 is 0 Å². The van der Waals surface area contributed by atoms with E-state index in [0.29, 0.717) is 0 Å². The minimum absolute atomic E-state index is 1.09. The van der Waals surface area contributed by atoms with Gasteiger partial charge in [0.1, 0.15) is 0 Å². The van der Waals surface area contributed by atoms with Crippen LogP contribution in [0.1, 0.15) is 11.1 Å². The SMILES string of the molecule is Cc1c(-c2ccccc2)n(-c2ccc(N(c3ccccc3)c3cccc4ccccc34)cc2)c2ccc(-c3ccc4c(c3)c(C)c(-c3ccccc3)n4-c3ccc(N(c4ccccc4)c4cccc5ccccc45)cc3)cc12. The highest BCUT2D eigenvalue weighted by Gasteiger charge is 2.23. The zero-order chi connectivity index (χ0) is 52.1. The van der Waals surface area contributed by atoms with Crippen LogP contribution < -0.4 is 9.80 Å². The van der Waals surface area contributed by atoms with Crippen LogP contribution in [0, 0.1) is 13.8 Å². The Morgan fingerprint density at radius 2 is 0.590 bits per heavy atom. The molecule has 2 aromatic heterocycles. The summed E-state index contributed by atoms with van der Waals surface area (Å²) in [7, 11) is 0. The number of rotatable bonds is 11. The fraction of sp³-hybridized carbons (Fsp3) is 0.0270. The smallest absolute Gasteiger partial charge is 0.0570 e. The van der Waals surface area contributed by atoms with Gasteiger partial charge in [0.25, 0.3) is 0 Å². The fourth-order valence-corrected chi connectivity index (χ4v) is 12.0. The van der Waals surface area contributed by atoms with Gasteiger partial charge in [0.15, 0.2) is 0 Å². The van der Waals surface area contributed by atoms with Crippen molar-refractivity contribution in [3.8, 4) is 45.0 Å². The van der Waals surface area contributed by atoms with Crippen LogP contribution in [0.25, 0.3) is 88.4 Å². The molecule has 0 bridgehead atoms. The van der Waals surface area contributed by atoms with Crippen molar-refractivity contribution in [2.45, 2.75) is 13.8 Å². The third-order valence-electron chi connectivity index (χ3n) is 15.6. The van der Waals surface area contributed by atoms with Gasteiger partial charge in [-0.15, -0.1) is 0 Å². The average Bonchev–Trinajstić information content (AvgIpc) is 4.04. The van der Waals surface area contributed by atoms with E-state index in [1.54, 1.807) is 0 Å². The van der Waals surface area contributed by atoms with E-state index in [1.807, 2.05) is 0 Å². The summed E-state index contributed by atoms with van der Waals surface area (Å²) >= 11 is 0. The van der Waals surface area contributed by atoms with E-state index in [-0.39, 0.29) is 0 Å². The number of benzene rings is 12. The second kappa shape index (κ2) is 19.5. The number of aromatic nitrogens is 2. The van der Waals surface area contributed by atoms with Gasteiger partial charge >= 0.3 is 0 Å². The molecular formula is C74H54N4. The molecule has 78 heavy (non-hydrogen) atoms. The molecule has 14 aromatic rings. The molecule has 12 aromatic carbocycles. The number of fused-ring (bicyclic) bond motifs is 4. The van der Waals surface area contributed by atoms with Gasteiger partial charge in [-0.3, -0.25) is 0 Å². The number of hydrogen-bond donors (Lipinski definition) is 0. The Morgan fingerprint density at radius 3 is 0.987 bits per heavy atom. The van der Waals surface area contributed by atoms with E-state index in [2.05, 4.69) is 324 Å². The second-order valence-corrected chi connectivity index (χ2v) is 20.2. The topological polar surface area (TPSA) is 16.3 Å². The summed E-state index contributed by atoms with van der Waals surface area (Å²) in [6.07, 6.45) is 0. The minimum atomic E-state index is 1.09. The Hall–Kier alpha value is -10.2. The molecule has 0 saturated heterocycles. The summed E-state index contributed by atoms with van der Waals surface area (Å²) in [5, 5.41) is 7.30. The van der Waals surface area contributed by atoms with Gasteiger partial charge in [-0.05, 0) is 167 Å². The van der Waals surface area contributed by atoms with Crippen LogP contribution in [0.4, 0.5) is 34.1 Å². The van der Waals surface area contributed by atoms with Crippen LogP contribution in [0.2, 0.25) is 0 Å². The Kier molecular flexibility index (Phi) is 11.6. The lowest BCUT2D eigenvalue weighted by molar-refractivity contribution is 1.12. The van der Waals surface area contributed by atoms with Gasteiger partial charge in [-0.25, -0.2) is 0 Å². The predicted molar refractivity (Wildman–Crippen MR) is 330 cm³/mol. The molecular weight excluding hydrogens is 945 g/mol. The van der Waals surface area contributed by atoms with Crippen LogP contribution in [-0.4, -0.2) is 9.13 Å². The molecule has 0 aliphatic carbocycles. The van der Waals surface area contributed by atoms with Gasteiger partial charge in [0.2, 0.25) is 0 Å². The predicted octanol–water partition coefficient (Wildman–Crippen LogP) is 20.4. The molecule has 0 radical (unpaired) electrons. The molecule has 4 nitrogen and oxygen atoms in total. The number of hydrogen-bond acceptors (Lipinski definition) is 2. The van der Waals surface area contributed by atoms with Crippen molar-refractivity contribution in [2.75, 3.05) is 9.80 Å². The van der Waals surface area contributed by atoms with Crippen LogP contribution in [0.15, 0.2) is 291 Å². The normalized spacial score (nSPS) is 11.5. The molecule has 0 aliphatic heterocycles. The lowest BCUT2D eigenvalue weighted by atomic mass is 9.99. The van der Waals surface area contributed by atoms with Crippen molar-refractivity contribution >= 4 is 77.5 Å². The standard InChI is InChI=1S/C74H54N4/c1-51-67-49-57(37-47-71(67)77(73(51)55-23-7-3-8-24-55)63-43-39-61(40-44-63)75(59-29-11-5-12-30-59)69-35-19-27-53-21-15-17-33-65(53)69)58-38-48-72-68(50-58)52(2)74(56-25-9-4-10-26-56)78(72)64-45-41-62(42-46-64)76(60-31-13-6-14-32-60)70-36-20-28-54-22-16-18-34-66(54)70/h3-50H,1-2H3. The largest absolute Gasteiger partial charge is 0.310 e. The first-order valence-electron chi connectivity index (χ1n) is 26.8. The summed E-state index contributed by atoms with van der Waals surface area (Å²) in [6.45, 7) is 4.56. The monoisotopic (exact) mass is 998 g/mol. The van der Waals surface area contributed by atoms with E-state index >= 15 is 0 Å². The Bertz CT molecular complexity index is 4180. The lowest BCUT2D eigenvalue weighted by Gasteiger charge is -2.27. The fourth-order valence-electron chi connectivity index (χ4n) is 12.0. The summed E-state index contributed by atoms with van der Waals surface area (Å²) < 4.78 is 4.90. The van der Waals surface area contributed by atoms with E-state index in [9.17, 15) is 0 Å². The highest BCUT2D eigenvalue weighted by molar-refractivity contribution is 6.02. The first-order valence-corrected chi connectivity index (χ1v) is 26.8. The van der Waals surface area contributed by atoms with Crippen LogP contribution in [-0.2, 0) is 0 Å². The summed E-state index contributed by atoms with van der Waals surface area (Å²) in [5.74, 6) is 0. The van der Waals surface area contributed by atoms with E-state index < -0.39 is 0 Å².